The maximum Gasteiger partial charge on any atom is 0.274 e. The van der Waals surface area contributed by atoms with Gasteiger partial charge in [0, 0.05) is 19.5 Å². The zero-order valence-electron chi connectivity index (χ0n) is 12.1. The molecule has 0 fully saturated rings. The average Bonchev–Trinajstić information content (AvgIpc) is 2.85. The Kier molecular flexibility index (Phi) is 3.50. The topological polar surface area (TPSA) is 65.6 Å². The van der Waals surface area contributed by atoms with Crippen molar-refractivity contribution in [1.29, 1.82) is 0 Å². The molecule has 3 aromatic rings. The van der Waals surface area contributed by atoms with E-state index in [9.17, 15) is 4.79 Å². The molecule has 0 saturated carbocycles. The summed E-state index contributed by atoms with van der Waals surface area (Å²) in [5, 5.41) is 15.1. The second-order valence-electron chi connectivity index (χ2n) is 4.76. The molecule has 0 saturated heterocycles. The summed E-state index contributed by atoms with van der Waals surface area (Å²) in [6.45, 7) is 0. The molecule has 21 heavy (non-hydrogen) atoms. The van der Waals surface area contributed by atoms with Gasteiger partial charge < -0.3 is 4.57 Å². The first-order valence-corrected chi connectivity index (χ1v) is 7.71. The molecule has 7 heteroatoms. The molecule has 108 valence electrons. The van der Waals surface area contributed by atoms with E-state index in [1.165, 1.54) is 4.68 Å². The molecular weight excluding hydrogens is 286 g/mol. The van der Waals surface area contributed by atoms with Crippen LogP contribution in [0.5, 0.6) is 0 Å². The maximum absolute atomic E-state index is 12.1. The minimum atomic E-state index is -0.0860. The van der Waals surface area contributed by atoms with E-state index in [-0.39, 0.29) is 5.56 Å². The molecule has 3 rings (SSSR count). The molecule has 0 aliphatic carbocycles. The van der Waals surface area contributed by atoms with Crippen LogP contribution in [-0.4, -0.2) is 30.8 Å². The number of benzene rings is 1. The number of thioether (sulfide) groups is 1. The Morgan fingerprint density at radius 2 is 1.86 bits per heavy atom. The van der Waals surface area contributed by atoms with Crippen molar-refractivity contribution >= 4 is 22.5 Å². The fourth-order valence-corrected chi connectivity index (χ4v) is 2.83. The first-order chi connectivity index (χ1) is 10.1. The van der Waals surface area contributed by atoms with Gasteiger partial charge in [-0.3, -0.25) is 4.79 Å². The minimum absolute atomic E-state index is 0.0860. The Morgan fingerprint density at radius 3 is 2.52 bits per heavy atom. The molecule has 0 N–H and O–H groups in total. The van der Waals surface area contributed by atoms with Gasteiger partial charge in [-0.2, -0.15) is 5.10 Å². The molecule has 1 aromatic carbocycles. The van der Waals surface area contributed by atoms with Crippen LogP contribution in [0.4, 0.5) is 0 Å². The molecule has 2 heterocycles. The molecule has 0 atom stereocenters. The van der Waals surface area contributed by atoms with E-state index in [1.54, 1.807) is 18.8 Å². The first-order valence-electron chi connectivity index (χ1n) is 6.49. The summed E-state index contributed by atoms with van der Waals surface area (Å²) in [5.74, 6) is 0.829. The van der Waals surface area contributed by atoms with Crippen LogP contribution in [0, 0.1) is 0 Å². The Morgan fingerprint density at radius 1 is 1.14 bits per heavy atom. The van der Waals surface area contributed by atoms with Crippen LogP contribution in [0.2, 0.25) is 0 Å². The van der Waals surface area contributed by atoms with E-state index < -0.39 is 0 Å². The van der Waals surface area contributed by atoms with Crippen LogP contribution in [-0.2, 0) is 20.5 Å². The van der Waals surface area contributed by atoms with Crippen LogP contribution in [0.3, 0.4) is 0 Å². The molecule has 0 bridgehead atoms. The quantitative estimate of drug-likeness (QED) is 0.684. The van der Waals surface area contributed by atoms with Crippen molar-refractivity contribution < 1.29 is 0 Å². The Bertz CT molecular complexity index is 867. The summed E-state index contributed by atoms with van der Waals surface area (Å²) < 4.78 is 3.33. The van der Waals surface area contributed by atoms with Gasteiger partial charge in [-0.1, -0.05) is 30.0 Å². The first kappa shape index (κ1) is 13.8. The van der Waals surface area contributed by atoms with Crippen LogP contribution >= 0.6 is 11.8 Å². The summed E-state index contributed by atoms with van der Waals surface area (Å²) in [6, 6.07) is 7.52. The fraction of sp³-hybridized carbons (Fsp3) is 0.286. The lowest BCUT2D eigenvalue weighted by Crippen LogP contribution is -2.21. The van der Waals surface area contributed by atoms with Crippen LogP contribution in [0.1, 0.15) is 11.5 Å². The van der Waals surface area contributed by atoms with E-state index in [0.29, 0.717) is 11.8 Å². The summed E-state index contributed by atoms with van der Waals surface area (Å²) in [7, 11) is 3.60. The Labute approximate surface area is 125 Å². The lowest BCUT2D eigenvalue weighted by molar-refractivity contribution is 0.682. The standard InChI is InChI=1S/C14H15N5OS/c1-18-12(15-16-14(18)21-3)8-11-9-6-4-5-7-10(9)13(20)19(2)17-11/h4-7H,8H2,1-3H3. The third-order valence-corrected chi connectivity index (χ3v) is 4.19. The van der Waals surface area contributed by atoms with E-state index in [2.05, 4.69) is 15.3 Å². The van der Waals surface area contributed by atoms with Gasteiger partial charge in [0.25, 0.3) is 5.56 Å². The van der Waals surface area contributed by atoms with Gasteiger partial charge in [0.15, 0.2) is 5.16 Å². The number of rotatable bonds is 3. The molecule has 6 nitrogen and oxygen atoms in total. The number of aromatic nitrogens is 5. The van der Waals surface area contributed by atoms with Crippen molar-refractivity contribution in [2.45, 2.75) is 11.6 Å². The second-order valence-corrected chi connectivity index (χ2v) is 5.53. The van der Waals surface area contributed by atoms with Crippen molar-refractivity contribution in [2.24, 2.45) is 14.1 Å². The van der Waals surface area contributed by atoms with Gasteiger partial charge in [-0.05, 0) is 12.3 Å². The van der Waals surface area contributed by atoms with E-state index in [4.69, 9.17) is 0 Å². The number of fused-ring (bicyclic) bond motifs is 1. The van der Waals surface area contributed by atoms with E-state index in [1.807, 2.05) is 42.1 Å². The molecule has 0 aliphatic heterocycles. The van der Waals surface area contributed by atoms with Gasteiger partial charge >= 0.3 is 0 Å². The summed E-state index contributed by atoms with van der Waals surface area (Å²) in [6.07, 6.45) is 2.51. The number of hydrogen-bond donors (Lipinski definition) is 0. The number of nitrogens with zero attached hydrogens (tertiary/aromatic N) is 5. The van der Waals surface area contributed by atoms with Gasteiger partial charge in [-0.25, -0.2) is 4.68 Å². The van der Waals surface area contributed by atoms with E-state index >= 15 is 0 Å². The zero-order valence-corrected chi connectivity index (χ0v) is 12.9. The largest absolute Gasteiger partial charge is 0.309 e. The summed E-state index contributed by atoms with van der Waals surface area (Å²) in [5.41, 5.74) is 0.743. The number of hydrogen-bond acceptors (Lipinski definition) is 5. The van der Waals surface area contributed by atoms with Gasteiger partial charge in [-0.15, -0.1) is 10.2 Å². The van der Waals surface area contributed by atoms with Crippen molar-refractivity contribution in [2.75, 3.05) is 6.26 Å². The molecule has 0 radical (unpaired) electrons. The van der Waals surface area contributed by atoms with Gasteiger partial charge in [0.2, 0.25) is 0 Å². The second kappa shape index (κ2) is 5.33. The van der Waals surface area contributed by atoms with Crippen molar-refractivity contribution in [3.63, 3.8) is 0 Å². The third-order valence-electron chi connectivity index (χ3n) is 3.47. The zero-order chi connectivity index (χ0) is 15.0. The smallest absolute Gasteiger partial charge is 0.274 e. The van der Waals surface area contributed by atoms with Crippen LogP contribution in [0.15, 0.2) is 34.2 Å². The third kappa shape index (κ3) is 2.33. The highest BCUT2D eigenvalue weighted by atomic mass is 32.2. The normalized spacial score (nSPS) is 11.2. The maximum atomic E-state index is 12.1. The predicted octanol–water partition coefficient (Wildman–Crippen LogP) is 1.37. The number of aryl methyl sites for hydroxylation is 1. The van der Waals surface area contributed by atoms with Gasteiger partial charge in [0.1, 0.15) is 5.82 Å². The molecular formula is C14H15N5OS. The van der Waals surface area contributed by atoms with Gasteiger partial charge in [0.05, 0.1) is 17.5 Å². The minimum Gasteiger partial charge on any atom is -0.309 e. The molecule has 0 amide bonds. The molecule has 0 spiro atoms. The SMILES string of the molecule is CSc1nnc(Cc2nn(C)c(=O)c3ccccc23)n1C. The highest BCUT2D eigenvalue weighted by Crippen LogP contribution is 2.18. The van der Waals surface area contributed by atoms with E-state index in [0.717, 1.165) is 22.1 Å². The monoisotopic (exact) mass is 301 g/mol. The van der Waals surface area contributed by atoms with Crippen LogP contribution in [0.25, 0.3) is 10.8 Å². The Balaban J connectivity index is 2.14. The molecule has 2 aromatic heterocycles. The summed E-state index contributed by atoms with van der Waals surface area (Å²) in [4.78, 5) is 12.1. The lowest BCUT2D eigenvalue weighted by Gasteiger charge is -2.08. The molecule has 0 aliphatic rings. The lowest BCUT2D eigenvalue weighted by atomic mass is 10.1. The van der Waals surface area contributed by atoms with Crippen molar-refractivity contribution in [3.8, 4) is 0 Å². The highest BCUT2D eigenvalue weighted by molar-refractivity contribution is 7.98. The predicted molar refractivity (Wildman–Crippen MR) is 82.6 cm³/mol. The van der Waals surface area contributed by atoms with Crippen LogP contribution < -0.4 is 5.56 Å². The average molecular weight is 301 g/mol. The molecule has 0 unspecified atom stereocenters. The highest BCUT2D eigenvalue weighted by Gasteiger charge is 2.13. The summed E-state index contributed by atoms with van der Waals surface area (Å²) >= 11 is 1.55. The van der Waals surface area contributed by atoms with Crippen molar-refractivity contribution in [1.82, 2.24) is 24.5 Å². The fourth-order valence-electron chi connectivity index (χ4n) is 2.33. The Hall–Kier alpha value is -2.15. The van der Waals surface area contributed by atoms with Crippen molar-refractivity contribution in [3.05, 3.63) is 46.1 Å².